The van der Waals surface area contributed by atoms with Crippen molar-refractivity contribution in [3.63, 3.8) is 0 Å². The standard InChI is InChI=1S/C24H20Cl2N2O3/c25-20-5-2-1-4-19(20)23(30)17-8-7-16(10-13-29)22(14-17)28-12-9-18(15-28)31-24-21(26)6-3-11-27-24/h1-8,11,13-14,18H,9-10,12,15H2/t18-/m0/s1. The number of aldehydes is 1. The minimum atomic E-state index is -0.156. The molecule has 4 rings (SSSR count). The highest BCUT2D eigenvalue weighted by atomic mass is 35.5. The van der Waals surface area contributed by atoms with E-state index in [1.165, 1.54) is 0 Å². The summed E-state index contributed by atoms with van der Waals surface area (Å²) in [4.78, 5) is 30.6. The topological polar surface area (TPSA) is 59.5 Å². The van der Waals surface area contributed by atoms with Crippen LogP contribution in [0.15, 0.2) is 60.8 Å². The number of anilines is 1. The van der Waals surface area contributed by atoms with Crippen LogP contribution in [0.1, 0.15) is 27.9 Å². The lowest BCUT2D eigenvalue weighted by atomic mass is 9.99. The van der Waals surface area contributed by atoms with Crippen molar-refractivity contribution in [2.45, 2.75) is 18.9 Å². The van der Waals surface area contributed by atoms with Gasteiger partial charge in [0, 0.05) is 42.4 Å². The molecule has 5 nitrogen and oxygen atoms in total. The Labute approximate surface area is 190 Å². The van der Waals surface area contributed by atoms with Crippen LogP contribution in [-0.4, -0.2) is 36.2 Å². The van der Waals surface area contributed by atoms with Crippen LogP contribution in [0.5, 0.6) is 5.88 Å². The molecule has 1 aliphatic heterocycles. The Bertz CT molecular complexity index is 1120. The van der Waals surface area contributed by atoms with Gasteiger partial charge in [0.25, 0.3) is 0 Å². The number of ketones is 1. The molecule has 0 bridgehead atoms. The molecule has 0 spiro atoms. The van der Waals surface area contributed by atoms with Gasteiger partial charge in [0.15, 0.2) is 5.78 Å². The van der Waals surface area contributed by atoms with Crippen LogP contribution in [0, 0.1) is 0 Å². The molecule has 0 radical (unpaired) electrons. The minimum Gasteiger partial charge on any atom is -0.471 e. The molecule has 1 aliphatic rings. The largest absolute Gasteiger partial charge is 0.471 e. The van der Waals surface area contributed by atoms with Crippen molar-refractivity contribution in [1.29, 1.82) is 0 Å². The lowest BCUT2D eigenvalue weighted by molar-refractivity contribution is -0.107. The second-order valence-electron chi connectivity index (χ2n) is 7.29. The minimum absolute atomic E-state index is 0.0978. The molecule has 3 aromatic rings. The fourth-order valence-corrected chi connectivity index (χ4v) is 4.11. The van der Waals surface area contributed by atoms with Crippen molar-refractivity contribution in [2.75, 3.05) is 18.0 Å². The molecule has 0 saturated carbocycles. The second kappa shape index (κ2) is 9.50. The molecule has 1 saturated heterocycles. The van der Waals surface area contributed by atoms with Crippen LogP contribution in [0.3, 0.4) is 0 Å². The molecule has 158 valence electrons. The van der Waals surface area contributed by atoms with Gasteiger partial charge in [-0.05, 0) is 35.9 Å². The van der Waals surface area contributed by atoms with Crippen LogP contribution in [-0.2, 0) is 11.2 Å². The predicted octanol–water partition coefficient (Wildman–Crippen LogP) is 5.02. The van der Waals surface area contributed by atoms with Gasteiger partial charge in [0.05, 0.1) is 11.6 Å². The summed E-state index contributed by atoms with van der Waals surface area (Å²) in [7, 11) is 0. The summed E-state index contributed by atoms with van der Waals surface area (Å²) in [6.45, 7) is 1.33. The number of ether oxygens (including phenoxy) is 1. The Morgan fingerprint density at radius 1 is 1.13 bits per heavy atom. The summed E-state index contributed by atoms with van der Waals surface area (Å²) in [6, 6.07) is 15.9. The molecule has 1 aromatic heterocycles. The number of halogens is 2. The zero-order valence-corrected chi connectivity index (χ0v) is 18.1. The first-order valence-corrected chi connectivity index (χ1v) is 10.7. The van der Waals surface area contributed by atoms with Gasteiger partial charge >= 0.3 is 0 Å². The van der Waals surface area contributed by atoms with Crippen LogP contribution in [0.2, 0.25) is 10.0 Å². The van der Waals surface area contributed by atoms with E-state index in [4.69, 9.17) is 27.9 Å². The zero-order valence-electron chi connectivity index (χ0n) is 16.6. The van der Waals surface area contributed by atoms with Gasteiger partial charge in [-0.3, -0.25) is 4.79 Å². The summed E-state index contributed by atoms with van der Waals surface area (Å²) >= 11 is 12.4. The quantitative estimate of drug-likeness (QED) is 0.370. The molecule has 31 heavy (non-hydrogen) atoms. The second-order valence-corrected chi connectivity index (χ2v) is 8.10. The normalized spacial score (nSPS) is 15.7. The number of carbonyl (C=O) groups is 2. The number of aromatic nitrogens is 1. The third-order valence-corrected chi connectivity index (χ3v) is 5.88. The molecule has 1 atom stereocenters. The Morgan fingerprint density at radius 3 is 2.71 bits per heavy atom. The highest BCUT2D eigenvalue weighted by Crippen LogP contribution is 2.30. The number of hydrogen-bond donors (Lipinski definition) is 0. The van der Waals surface area contributed by atoms with Crippen molar-refractivity contribution in [1.82, 2.24) is 4.98 Å². The van der Waals surface area contributed by atoms with Gasteiger partial charge < -0.3 is 14.4 Å². The van der Waals surface area contributed by atoms with Gasteiger partial charge in [-0.15, -0.1) is 0 Å². The Kier molecular flexibility index (Phi) is 6.54. The van der Waals surface area contributed by atoms with E-state index in [1.54, 1.807) is 48.7 Å². The molecule has 0 amide bonds. The molecule has 2 aromatic carbocycles. The van der Waals surface area contributed by atoms with Gasteiger partial charge in [0.1, 0.15) is 17.4 Å². The van der Waals surface area contributed by atoms with Crippen molar-refractivity contribution in [3.8, 4) is 5.88 Å². The maximum atomic E-state index is 13.0. The van der Waals surface area contributed by atoms with Crippen LogP contribution < -0.4 is 9.64 Å². The maximum absolute atomic E-state index is 13.0. The number of carbonyl (C=O) groups excluding carboxylic acids is 2. The van der Waals surface area contributed by atoms with Crippen molar-refractivity contribution < 1.29 is 14.3 Å². The summed E-state index contributed by atoms with van der Waals surface area (Å²) in [5.41, 5.74) is 2.69. The SMILES string of the molecule is O=CCc1ccc(C(=O)c2ccccc2Cl)cc1N1CC[C@H](Oc2ncccc2Cl)C1. The lowest BCUT2D eigenvalue weighted by Gasteiger charge is -2.22. The van der Waals surface area contributed by atoms with Crippen LogP contribution in [0.4, 0.5) is 5.69 Å². The highest BCUT2D eigenvalue weighted by molar-refractivity contribution is 6.35. The Hall–Kier alpha value is -2.89. The van der Waals surface area contributed by atoms with E-state index in [0.717, 1.165) is 30.5 Å². The number of hydrogen-bond acceptors (Lipinski definition) is 5. The van der Waals surface area contributed by atoms with E-state index in [0.29, 0.717) is 33.6 Å². The van der Waals surface area contributed by atoms with E-state index in [-0.39, 0.29) is 18.3 Å². The molecule has 0 N–H and O–H groups in total. The lowest BCUT2D eigenvalue weighted by Crippen LogP contribution is -2.26. The smallest absolute Gasteiger partial charge is 0.232 e. The molecular formula is C24H20Cl2N2O3. The molecule has 0 unspecified atom stereocenters. The number of benzene rings is 2. The van der Waals surface area contributed by atoms with Crippen molar-refractivity contribution in [2.24, 2.45) is 0 Å². The highest BCUT2D eigenvalue weighted by Gasteiger charge is 2.27. The van der Waals surface area contributed by atoms with Crippen LogP contribution in [0.25, 0.3) is 0 Å². The van der Waals surface area contributed by atoms with Gasteiger partial charge in [-0.2, -0.15) is 0 Å². The summed E-state index contributed by atoms with van der Waals surface area (Å²) in [5.74, 6) is 0.253. The number of rotatable bonds is 7. The van der Waals surface area contributed by atoms with Gasteiger partial charge in [-0.1, -0.05) is 47.5 Å². The van der Waals surface area contributed by atoms with Crippen molar-refractivity contribution in [3.05, 3.63) is 87.5 Å². The number of nitrogens with zero attached hydrogens (tertiary/aromatic N) is 2. The van der Waals surface area contributed by atoms with E-state index in [9.17, 15) is 9.59 Å². The summed E-state index contributed by atoms with van der Waals surface area (Å²) < 4.78 is 5.98. The maximum Gasteiger partial charge on any atom is 0.232 e. The number of pyridine rings is 1. The molecule has 1 fully saturated rings. The third kappa shape index (κ3) is 4.73. The molecule has 2 heterocycles. The average molecular weight is 455 g/mol. The third-order valence-electron chi connectivity index (χ3n) is 5.26. The fraction of sp³-hybridized carbons (Fsp3) is 0.208. The van der Waals surface area contributed by atoms with Crippen molar-refractivity contribution >= 4 is 41.0 Å². The first kappa shape index (κ1) is 21.3. The first-order chi connectivity index (χ1) is 15.1. The molecule has 7 heteroatoms. The Morgan fingerprint density at radius 2 is 1.94 bits per heavy atom. The van der Waals surface area contributed by atoms with Gasteiger partial charge in [0.2, 0.25) is 5.88 Å². The molecule has 0 aliphatic carbocycles. The van der Waals surface area contributed by atoms with Crippen LogP contribution >= 0.6 is 23.2 Å². The molecular weight excluding hydrogens is 435 g/mol. The predicted molar refractivity (Wildman–Crippen MR) is 122 cm³/mol. The van der Waals surface area contributed by atoms with E-state index in [1.807, 2.05) is 12.1 Å². The van der Waals surface area contributed by atoms with E-state index in [2.05, 4.69) is 9.88 Å². The zero-order chi connectivity index (χ0) is 21.8. The monoisotopic (exact) mass is 454 g/mol. The summed E-state index contributed by atoms with van der Waals surface area (Å²) in [5, 5.41) is 0.878. The Balaban J connectivity index is 1.59. The first-order valence-electron chi connectivity index (χ1n) is 9.94. The fourth-order valence-electron chi connectivity index (χ4n) is 3.72. The van der Waals surface area contributed by atoms with E-state index < -0.39 is 0 Å². The summed E-state index contributed by atoms with van der Waals surface area (Å²) in [6.07, 6.45) is 3.45. The average Bonchev–Trinajstić information content (AvgIpc) is 3.24. The van der Waals surface area contributed by atoms with Gasteiger partial charge in [-0.25, -0.2) is 4.98 Å². The van der Waals surface area contributed by atoms with E-state index >= 15 is 0 Å².